The van der Waals surface area contributed by atoms with Gasteiger partial charge in [-0.25, -0.2) is 0 Å². The summed E-state index contributed by atoms with van der Waals surface area (Å²) in [7, 11) is 0. The van der Waals surface area contributed by atoms with Crippen molar-refractivity contribution in [2.24, 2.45) is 0 Å². The van der Waals surface area contributed by atoms with Gasteiger partial charge in [-0.05, 0) is 36.9 Å². The number of benzene rings is 1. The van der Waals surface area contributed by atoms with Crippen molar-refractivity contribution in [2.45, 2.75) is 38.8 Å². The second kappa shape index (κ2) is 5.46. The molecule has 2 nitrogen and oxygen atoms in total. The summed E-state index contributed by atoms with van der Waals surface area (Å²) < 4.78 is 0. The maximum atomic E-state index is 9.60. The lowest BCUT2D eigenvalue weighted by atomic mass is 10.1. The molecule has 2 heteroatoms. The molecule has 0 unspecified atom stereocenters. The molecule has 88 valence electrons. The number of hydrogen-bond donors (Lipinski definition) is 1. The third kappa shape index (κ3) is 3.06. The Morgan fingerprint density at radius 2 is 1.94 bits per heavy atom. The van der Waals surface area contributed by atoms with E-state index in [-0.39, 0.29) is 6.10 Å². The van der Waals surface area contributed by atoms with Crippen LogP contribution in [-0.4, -0.2) is 29.2 Å². The SMILES string of the molecule is CCc1ccc(CN2CCC[C@H](O)C2)cc1. The molecule has 0 aliphatic carbocycles. The maximum Gasteiger partial charge on any atom is 0.0667 e. The first kappa shape index (κ1) is 11.6. The molecule has 1 aliphatic rings. The van der Waals surface area contributed by atoms with Gasteiger partial charge in [0, 0.05) is 13.1 Å². The lowest BCUT2D eigenvalue weighted by Crippen LogP contribution is -2.37. The Morgan fingerprint density at radius 3 is 2.56 bits per heavy atom. The van der Waals surface area contributed by atoms with E-state index in [2.05, 4.69) is 36.1 Å². The van der Waals surface area contributed by atoms with Crippen molar-refractivity contribution in [3.05, 3.63) is 35.4 Å². The number of β-amino-alcohol motifs (C(OH)–C–C–N with tert-alkyl or cyclic N) is 1. The van der Waals surface area contributed by atoms with E-state index in [9.17, 15) is 5.11 Å². The normalized spacial score (nSPS) is 22.2. The fourth-order valence-electron chi connectivity index (χ4n) is 2.31. The molecule has 1 saturated heterocycles. The summed E-state index contributed by atoms with van der Waals surface area (Å²) >= 11 is 0. The highest BCUT2D eigenvalue weighted by Crippen LogP contribution is 2.14. The average molecular weight is 219 g/mol. The number of piperidine rings is 1. The topological polar surface area (TPSA) is 23.5 Å². The Morgan fingerprint density at radius 1 is 1.25 bits per heavy atom. The third-order valence-electron chi connectivity index (χ3n) is 3.32. The van der Waals surface area contributed by atoms with Crippen molar-refractivity contribution in [1.29, 1.82) is 0 Å². The van der Waals surface area contributed by atoms with Crippen LogP contribution in [-0.2, 0) is 13.0 Å². The summed E-state index contributed by atoms with van der Waals surface area (Å²) in [5, 5.41) is 9.60. The van der Waals surface area contributed by atoms with Gasteiger partial charge in [-0.2, -0.15) is 0 Å². The molecule has 1 heterocycles. The monoisotopic (exact) mass is 219 g/mol. The van der Waals surface area contributed by atoms with Gasteiger partial charge in [0.05, 0.1) is 6.10 Å². The van der Waals surface area contributed by atoms with Crippen LogP contribution in [0, 0.1) is 0 Å². The van der Waals surface area contributed by atoms with E-state index in [1.54, 1.807) is 0 Å². The third-order valence-corrected chi connectivity index (χ3v) is 3.32. The van der Waals surface area contributed by atoms with Crippen molar-refractivity contribution in [2.75, 3.05) is 13.1 Å². The Hall–Kier alpha value is -0.860. The molecule has 2 rings (SSSR count). The van der Waals surface area contributed by atoms with E-state index in [0.717, 1.165) is 38.9 Å². The van der Waals surface area contributed by atoms with Crippen molar-refractivity contribution in [1.82, 2.24) is 4.90 Å². The molecule has 16 heavy (non-hydrogen) atoms. The molecular formula is C14H21NO. The first-order valence-electron chi connectivity index (χ1n) is 6.26. The van der Waals surface area contributed by atoms with Crippen molar-refractivity contribution in [3.63, 3.8) is 0 Å². The number of aryl methyl sites for hydroxylation is 1. The quantitative estimate of drug-likeness (QED) is 0.842. The van der Waals surface area contributed by atoms with Crippen LogP contribution in [0.2, 0.25) is 0 Å². The van der Waals surface area contributed by atoms with Gasteiger partial charge in [-0.3, -0.25) is 4.90 Å². The Kier molecular flexibility index (Phi) is 3.97. The fourth-order valence-corrected chi connectivity index (χ4v) is 2.31. The zero-order valence-corrected chi connectivity index (χ0v) is 10.0. The number of hydrogen-bond acceptors (Lipinski definition) is 2. The van der Waals surface area contributed by atoms with E-state index < -0.39 is 0 Å². The van der Waals surface area contributed by atoms with Crippen molar-refractivity contribution in [3.8, 4) is 0 Å². The Labute approximate surface area is 97.9 Å². The summed E-state index contributed by atoms with van der Waals surface area (Å²) in [5.41, 5.74) is 2.74. The van der Waals surface area contributed by atoms with Gasteiger partial charge in [0.2, 0.25) is 0 Å². The highest BCUT2D eigenvalue weighted by molar-refractivity contribution is 5.22. The van der Waals surface area contributed by atoms with E-state index in [1.165, 1.54) is 11.1 Å². The maximum absolute atomic E-state index is 9.60. The van der Waals surface area contributed by atoms with Crippen LogP contribution in [0.1, 0.15) is 30.9 Å². The van der Waals surface area contributed by atoms with Crippen LogP contribution in [0.5, 0.6) is 0 Å². The molecule has 0 bridgehead atoms. The molecule has 1 aromatic rings. The number of likely N-dealkylation sites (tertiary alicyclic amines) is 1. The van der Waals surface area contributed by atoms with Crippen LogP contribution >= 0.6 is 0 Å². The van der Waals surface area contributed by atoms with Crippen LogP contribution in [0.4, 0.5) is 0 Å². The van der Waals surface area contributed by atoms with Crippen LogP contribution < -0.4 is 0 Å². The summed E-state index contributed by atoms with van der Waals surface area (Å²) in [5.74, 6) is 0. The molecule has 1 atom stereocenters. The van der Waals surface area contributed by atoms with Gasteiger partial charge in [-0.1, -0.05) is 31.2 Å². The van der Waals surface area contributed by atoms with Gasteiger partial charge in [0.15, 0.2) is 0 Å². The van der Waals surface area contributed by atoms with Crippen molar-refractivity contribution < 1.29 is 5.11 Å². The molecule has 1 N–H and O–H groups in total. The Balaban J connectivity index is 1.92. The molecule has 0 amide bonds. The van der Waals surface area contributed by atoms with Crippen molar-refractivity contribution >= 4 is 0 Å². The molecule has 0 spiro atoms. The van der Waals surface area contributed by atoms with Gasteiger partial charge in [0.25, 0.3) is 0 Å². The standard InChI is InChI=1S/C14H21NO/c1-2-12-5-7-13(8-6-12)10-15-9-3-4-14(16)11-15/h5-8,14,16H,2-4,9-11H2,1H3/t14-/m0/s1. The summed E-state index contributed by atoms with van der Waals surface area (Å²) in [4.78, 5) is 2.34. The number of aliphatic hydroxyl groups excluding tert-OH is 1. The molecule has 1 aliphatic heterocycles. The first-order valence-corrected chi connectivity index (χ1v) is 6.26. The minimum atomic E-state index is -0.122. The second-order valence-electron chi connectivity index (χ2n) is 4.70. The zero-order chi connectivity index (χ0) is 11.4. The zero-order valence-electron chi connectivity index (χ0n) is 10.0. The Bertz CT molecular complexity index is 320. The van der Waals surface area contributed by atoms with Crippen LogP contribution in [0.3, 0.4) is 0 Å². The molecule has 0 saturated carbocycles. The molecule has 1 fully saturated rings. The first-order chi connectivity index (χ1) is 7.78. The summed E-state index contributed by atoms with van der Waals surface area (Å²) in [6.45, 7) is 5.10. The lowest BCUT2D eigenvalue weighted by molar-refractivity contribution is 0.0668. The smallest absolute Gasteiger partial charge is 0.0667 e. The minimum Gasteiger partial charge on any atom is -0.392 e. The predicted molar refractivity (Wildman–Crippen MR) is 66.3 cm³/mol. The fraction of sp³-hybridized carbons (Fsp3) is 0.571. The molecule has 0 radical (unpaired) electrons. The van der Waals surface area contributed by atoms with Gasteiger partial charge in [0.1, 0.15) is 0 Å². The van der Waals surface area contributed by atoms with Gasteiger partial charge >= 0.3 is 0 Å². The second-order valence-corrected chi connectivity index (χ2v) is 4.70. The number of rotatable bonds is 3. The molecular weight excluding hydrogens is 198 g/mol. The summed E-state index contributed by atoms with van der Waals surface area (Å²) in [6, 6.07) is 8.82. The predicted octanol–water partition coefficient (Wildman–Crippen LogP) is 2.21. The molecule has 1 aromatic carbocycles. The van der Waals surface area contributed by atoms with E-state index in [4.69, 9.17) is 0 Å². The average Bonchev–Trinajstić information content (AvgIpc) is 2.30. The highest BCUT2D eigenvalue weighted by Gasteiger charge is 2.17. The van der Waals surface area contributed by atoms with Crippen LogP contribution in [0.15, 0.2) is 24.3 Å². The highest BCUT2D eigenvalue weighted by atomic mass is 16.3. The minimum absolute atomic E-state index is 0.122. The number of nitrogens with zero attached hydrogens (tertiary/aromatic N) is 1. The van der Waals surface area contributed by atoms with E-state index in [1.807, 2.05) is 0 Å². The van der Waals surface area contributed by atoms with E-state index >= 15 is 0 Å². The van der Waals surface area contributed by atoms with Crippen LogP contribution in [0.25, 0.3) is 0 Å². The van der Waals surface area contributed by atoms with E-state index in [0.29, 0.717) is 0 Å². The number of aliphatic hydroxyl groups is 1. The molecule has 0 aromatic heterocycles. The summed E-state index contributed by atoms with van der Waals surface area (Å²) in [6.07, 6.45) is 3.06. The van der Waals surface area contributed by atoms with Gasteiger partial charge < -0.3 is 5.11 Å². The van der Waals surface area contributed by atoms with Gasteiger partial charge in [-0.15, -0.1) is 0 Å². The lowest BCUT2D eigenvalue weighted by Gasteiger charge is -2.29. The largest absolute Gasteiger partial charge is 0.392 e.